The molecule has 3 atom stereocenters. The average Bonchev–Trinajstić information content (AvgIpc) is 3.08. The molecule has 0 unspecified atom stereocenters. The number of benzene rings is 1. The lowest BCUT2D eigenvalue weighted by molar-refractivity contribution is 0.186. The molecule has 1 aromatic carbocycles. The first-order valence-corrected chi connectivity index (χ1v) is 11.6. The fourth-order valence-electron chi connectivity index (χ4n) is 4.69. The molecule has 0 aromatic heterocycles. The summed E-state index contributed by atoms with van der Waals surface area (Å²) >= 11 is 6.65. The van der Waals surface area contributed by atoms with Gasteiger partial charge in [-0.25, -0.2) is 8.42 Å². The van der Waals surface area contributed by atoms with E-state index in [4.69, 9.17) is 11.6 Å². The first-order valence-electron chi connectivity index (χ1n) is 9.67. The fraction of sp³-hybridized carbons (Fsp3) is 0.700. The van der Waals surface area contributed by atoms with Crippen molar-refractivity contribution in [2.24, 2.45) is 11.8 Å². The van der Waals surface area contributed by atoms with Crippen LogP contribution in [0.1, 0.15) is 57.4 Å². The number of rotatable bonds is 5. The Hall–Kier alpha value is -0.580. The second-order valence-electron chi connectivity index (χ2n) is 7.69. The summed E-state index contributed by atoms with van der Waals surface area (Å²) in [6.07, 6.45) is 7.75. The molecular formula is C20H30ClNO2S. The Kier molecular flexibility index (Phi) is 6.12. The first kappa shape index (κ1) is 19.2. The number of sulfonamides is 1. The van der Waals surface area contributed by atoms with Crippen molar-refractivity contribution in [3.63, 3.8) is 0 Å². The van der Waals surface area contributed by atoms with Crippen LogP contribution in [0.2, 0.25) is 0 Å². The Morgan fingerprint density at radius 3 is 2.36 bits per heavy atom. The van der Waals surface area contributed by atoms with Crippen LogP contribution in [0.4, 0.5) is 0 Å². The fourth-order valence-corrected chi connectivity index (χ4v) is 6.71. The van der Waals surface area contributed by atoms with E-state index in [0.717, 1.165) is 31.2 Å². The second-order valence-corrected chi connectivity index (χ2v) is 10.1. The second kappa shape index (κ2) is 7.98. The molecule has 1 aliphatic heterocycles. The van der Waals surface area contributed by atoms with Crippen LogP contribution < -0.4 is 0 Å². The zero-order valence-electron chi connectivity index (χ0n) is 15.3. The van der Waals surface area contributed by atoms with E-state index in [0.29, 0.717) is 17.4 Å². The Balaban J connectivity index is 1.93. The van der Waals surface area contributed by atoms with Gasteiger partial charge < -0.3 is 0 Å². The van der Waals surface area contributed by atoms with Crippen LogP contribution in [0.25, 0.3) is 0 Å². The van der Waals surface area contributed by atoms with Gasteiger partial charge in [-0.15, -0.1) is 11.6 Å². The molecule has 1 saturated heterocycles. The summed E-state index contributed by atoms with van der Waals surface area (Å²) in [4.78, 5) is 0.419. The summed E-state index contributed by atoms with van der Waals surface area (Å²) in [6, 6.07) is 7.31. The van der Waals surface area contributed by atoms with Gasteiger partial charge in [-0.1, -0.05) is 43.9 Å². The van der Waals surface area contributed by atoms with Crippen molar-refractivity contribution in [2.45, 2.75) is 75.1 Å². The topological polar surface area (TPSA) is 37.4 Å². The Morgan fingerprint density at radius 1 is 1.12 bits per heavy atom. The van der Waals surface area contributed by atoms with Gasteiger partial charge in [0.1, 0.15) is 0 Å². The highest BCUT2D eigenvalue weighted by atomic mass is 35.5. The number of alkyl halides is 1. The van der Waals surface area contributed by atoms with Gasteiger partial charge in [-0.3, -0.25) is 0 Å². The Morgan fingerprint density at radius 2 is 1.76 bits per heavy atom. The van der Waals surface area contributed by atoms with E-state index in [-0.39, 0.29) is 17.3 Å². The van der Waals surface area contributed by atoms with Gasteiger partial charge in [-0.05, 0) is 56.6 Å². The molecule has 1 aliphatic carbocycles. The van der Waals surface area contributed by atoms with Crippen molar-refractivity contribution in [2.75, 3.05) is 6.54 Å². The highest BCUT2D eigenvalue weighted by Gasteiger charge is 2.47. The van der Waals surface area contributed by atoms with Gasteiger partial charge in [0.2, 0.25) is 10.0 Å². The van der Waals surface area contributed by atoms with Gasteiger partial charge in [-0.2, -0.15) is 4.31 Å². The minimum Gasteiger partial charge on any atom is -0.207 e. The summed E-state index contributed by atoms with van der Waals surface area (Å²) in [5, 5.41) is 0.0603. The quantitative estimate of drug-likeness (QED) is 0.673. The third-order valence-corrected chi connectivity index (χ3v) is 8.61. The molecule has 140 valence electrons. The molecule has 3 rings (SSSR count). The van der Waals surface area contributed by atoms with Gasteiger partial charge in [0, 0.05) is 18.0 Å². The minimum absolute atomic E-state index is 0.0603. The van der Waals surface area contributed by atoms with Gasteiger partial charge in [0.05, 0.1) is 4.90 Å². The van der Waals surface area contributed by atoms with E-state index in [9.17, 15) is 8.42 Å². The summed E-state index contributed by atoms with van der Waals surface area (Å²) in [6.45, 7) is 4.68. The highest BCUT2D eigenvalue weighted by Crippen LogP contribution is 2.43. The van der Waals surface area contributed by atoms with E-state index in [1.165, 1.54) is 19.3 Å². The lowest BCUT2D eigenvalue weighted by Gasteiger charge is -2.37. The zero-order chi connectivity index (χ0) is 18.0. The maximum absolute atomic E-state index is 13.3. The van der Waals surface area contributed by atoms with E-state index >= 15 is 0 Å². The summed E-state index contributed by atoms with van der Waals surface area (Å²) in [5.41, 5.74) is 1.08. The van der Waals surface area contributed by atoms with E-state index in [2.05, 4.69) is 6.92 Å². The molecule has 0 amide bonds. The first-order chi connectivity index (χ1) is 11.9. The van der Waals surface area contributed by atoms with E-state index < -0.39 is 10.0 Å². The Bertz CT molecular complexity index is 667. The SMILES string of the molecule is CC[C@@H](Cl)[C@H]1CCN(S(=O)(=O)c2ccc(C)cc2)[C@@H]1C1CCCCC1. The molecule has 0 bridgehead atoms. The summed E-state index contributed by atoms with van der Waals surface area (Å²) in [5.74, 6) is 0.726. The van der Waals surface area contributed by atoms with E-state index in [1.54, 1.807) is 16.4 Å². The van der Waals surface area contributed by atoms with Crippen LogP contribution in [0.3, 0.4) is 0 Å². The molecule has 25 heavy (non-hydrogen) atoms. The maximum atomic E-state index is 13.3. The third-order valence-electron chi connectivity index (χ3n) is 6.07. The van der Waals surface area contributed by atoms with Crippen molar-refractivity contribution >= 4 is 21.6 Å². The largest absolute Gasteiger partial charge is 0.243 e. The average molecular weight is 384 g/mol. The van der Waals surface area contributed by atoms with Crippen LogP contribution in [-0.4, -0.2) is 30.7 Å². The molecule has 1 saturated carbocycles. The zero-order valence-corrected chi connectivity index (χ0v) is 16.9. The molecule has 1 aromatic rings. The smallest absolute Gasteiger partial charge is 0.207 e. The predicted octanol–water partition coefficient (Wildman–Crippen LogP) is 4.97. The Labute approximate surface area is 157 Å². The van der Waals surface area contributed by atoms with Crippen LogP contribution in [0, 0.1) is 18.8 Å². The summed E-state index contributed by atoms with van der Waals surface area (Å²) < 4.78 is 28.5. The molecular weight excluding hydrogens is 354 g/mol. The number of hydrogen-bond acceptors (Lipinski definition) is 2. The van der Waals surface area contributed by atoms with Gasteiger partial charge in [0.25, 0.3) is 0 Å². The van der Waals surface area contributed by atoms with Gasteiger partial charge >= 0.3 is 0 Å². The summed E-state index contributed by atoms with van der Waals surface area (Å²) in [7, 11) is -3.45. The van der Waals surface area contributed by atoms with Crippen molar-refractivity contribution in [1.29, 1.82) is 0 Å². The van der Waals surface area contributed by atoms with E-state index in [1.807, 2.05) is 19.1 Å². The van der Waals surface area contributed by atoms with Gasteiger partial charge in [0.15, 0.2) is 0 Å². The third kappa shape index (κ3) is 3.91. The molecule has 2 fully saturated rings. The van der Waals surface area contributed by atoms with Crippen molar-refractivity contribution in [3.8, 4) is 0 Å². The lowest BCUT2D eigenvalue weighted by Crippen LogP contribution is -2.45. The molecule has 5 heteroatoms. The van der Waals surface area contributed by atoms with Crippen LogP contribution in [0.5, 0.6) is 0 Å². The van der Waals surface area contributed by atoms with Crippen molar-refractivity contribution in [3.05, 3.63) is 29.8 Å². The normalized spacial score (nSPS) is 27.5. The molecule has 3 nitrogen and oxygen atoms in total. The molecule has 1 heterocycles. The van der Waals surface area contributed by atoms with Crippen LogP contribution in [-0.2, 0) is 10.0 Å². The highest BCUT2D eigenvalue weighted by molar-refractivity contribution is 7.89. The number of aryl methyl sites for hydroxylation is 1. The lowest BCUT2D eigenvalue weighted by atomic mass is 9.78. The molecule has 0 N–H and O–H groups in total. The molecule has 0 spiro atoms. The standard InChI is InChI=1S/C20H30ClNO2S/c1-3-19(21)18-13-14-22(20(18)16-7-5-4-6-8-16)25(23,24)17-11-9-15(2)10-12-17/h9-12,16,18-20H,3-8,13-14H2,1-2H3/t18-,19-,20-/m1/s1. The number of nitrogens with zero attached hydrogens (tertiary/aromatic N) is 1. The van der Waals surface area contributed by atoms with Crippen molar-refractivity contribution in [1.82, 2.24) is 4.31 Å². The number of halogens is 1. The molecule has 2 aliphatic rings. The minimum atomic E-state index is -3.45. The number of hydrogen-bond donors (Lipinski definition) is 0. The van der Waals surface area contributed by atoms with Crippen LogP contribution in [0.15, 0.2) is 29.2 Å². The van der Waals surface area contributed by atoms with Crippen LogP contribution >= 0.6 is 11.6 Å². The monoisotopic (exact) mass is 383 g/mol. The van der Waals surface area contributed by atoms with Crippen molar-refractivity contribution < 1.29 is 8.42 Å². The molecule has 0 radical (unpaired) electrons. The maximum Gasteiger partial charge on any atom is 0.243 e. The predicted molar refractivity (Wildman–Crippen MR) is 103 cm³/mol.